The van der Waals surface area contributed by atoms with Crippen LogP contribution in [0.1, 0.15) is 46.1 Å². The molecule has 0 fully saturated rings. The first-order valence-electron chi connectivity index (χ1n) is 10.5. The number of fused-ring (bicyclic) bond motifs is 1. The van der Waals surface area contributed by atoms with Gasteiger partial charge in [0.1, 0.15) is 18.3 Å². The van der Waals surface area contributed by atoms with Crippen LogP contribution in [0.5, 0.6) is 0 Å². The van der Waals surface area contributed by atoms with Crippen LogP contribution in [0.25, 0.3) is 16.7 Å². The van der Waals surface area contributed by atoms with Gasteiger partial charge in [-0.2, -0.15) is 18.3 Å². The lowest BCUT2D eigenvalue weighted by molar-refractivity contribution is -0.138. The normalized spacial score (nSPS) is 13.8. The van der Waals surface area contributed by atoms with Gasteiger partial charge in [-0.3, -0.25) is 14.2 Å². The largest absolute Gasteiger partial charge is 0.416 e. The van der Waals surface area contributed by atoms with E-state index in [1.54, 1.807) is 4.90 Å². The highest BCUT2D eigenvalue weighted by Crippen LogP contribution is 2.30. The lowest BCUT2D eigenvalue weighted by Gasteiger charge is -2.34. The van der Waals surface area contributed by atoms with E-state index in [1.165, 1.54) is 33.9 Å². The number of amides is 1. The number of hydrogen-bond acceptors (Lipinski definition) is 4. The molecule has 0 bridgehead atoms. The highest BCUT2D eigenvalue weighted by Gasteiger charge is 2.31. The number of hydrogen-bond donors (Lipinski definition) is 0. The van der Waals surface area contributed by atoms with Crippen LogP contribution in [-0.2, 0) is 17.5 Å². The molecular weight excluding hydrogens is 423 g/mol. The van der Waals surface area contributed by atoms with E-state index < -0.39 is 17.3 Å². The molecule has 0 saturated carbocycles. The van der Waals surface area contributed by atoms with E-state index in [1.807, 2.05) is 27.7 Å². The standard InChI is InChI=1S/C22H26F3N5O2/c1-5-14(3)29(15(4)6-2)19(31)12-28-13-26-20-18(21(28)32)11-27-30(20)17-9-7-8-16(10-17)22(23,24)25/h7-11,13-15H,5-6,12H2,1-4H3/t14-,15+. The second kappa shape index (κ2) is 9.13. The molecule has 0 unspecified atom stereocenters. The molecule has 0 aliphatic rings. The summed E-state index contributed by atoms with van der Waals surface area (Å²) in [7, 11) is 0. The Labute approximate surface area is 183 Å². The number of carbonyl (C=O) groups excluding carboxylic acids is 1. The van der Waals surface area contributed by atoms with Crippen molar-refractivity contribution < 1.29 is 18.0 Å². The van der Waals surface area contributed by atoms with Crippen LogP contribution in [0, 0.1) is 0 Å². The van der Waals surface area contributed by atoms with Gasteiger partial charge in [0, 0.05) is 12.1 Å². The number of carbonyl (C=O) groups is 1. The highest BCUT2D eigenvalue weighted by atomic mass is 19.4. The molecule has 10 heteroatoms. The minimum absolute atomic E-state index is 0.0218. The van der Waals surface area contributed by atoms with Gasteiger partial charge in [0.15, 0.2) is 5.65 Å². The monoisotopic (exact) mass is 449 g/mol. The summed E-state index contributed by atoms with van der Waals surface area (Å²) in [6.07, 6.45) is -0.443. The Balaban J connectivity index is 1.96. The van der Waals surface area contributed by atoms with Crippen molar-refractivity contribution in [3.05, 3.63) is 52.7 Å². The second-order valence-corrected chi connectivity index (χ2v) is 7.83. The Bertz CT molecular complexity index is 1160. The second-order valence-electron chi connectivity index (χ2n) is 7.83. The summed E-state index contributed by atoms with van der Waals surface area (Å²) < 4.78 is 41.6. The van der Waals surface area contributed by atoms with Crippen LogP contribution < -0.4 is 5.56 Å². The van der Waals surface area contributed by atoms with Crippen molar-refractivity contribution in [1.82, 2.24) is 24.2 Å². The van der Waals surface area contributed by atoms with Crippen LogP contribution in [0.2, 0.25) is 0 Å². The Kier molecular flexibility index (Phi) is 6.71. The van der Waals surface area contributed by atoms with E-state index in [0.717, 1.165) is 25.0 Å². The first kappa shape index (κ1) is 23.5. The van der Waals surface area contributed by atoms with E-state index in [4.69, 9.17) is 0 Å². The Morgan fingerprint density at radius 1 is 1.16 bits per heavy atom. The van der Waals surface area contributed by atoms with Crippen molar-refractivity contribution in [2.45, 2.75) is 65.3 Å². The molecule has 0 spiro atoms. The maximum atomic E-state index is 13.1. The van der Waals surface area contributed by atoms with Crippen molar-refractivity contribution in [2.75, 3.05) is 0 Å². The molecule has 0 N–H and O–H groups in total. The van der Waals surface area contributed by atoms with E-state index in [9.17, 15) is 22.8 Å². The molecule has 2 atom stereocenters. The summed E-state index contributed by atoms with van der Waals surface area (Å²) in [6.45, 7) is 7.75. The third-order valence-corrected chi connectivity index (χ3v) is 5.70. The number of rotatable bonds is 7. The average molecular weight is 449 g/mol. The number of benzene rings is 1. The highest BCUT2D eigenvalue weighted by molar-refractivity contribution is 5.78. The molecule has 0 radical (unpaired) electrons. The zero-order valence-electron chi connectivity index (χ0n) is 18.4. The third kappa shape index (κ3) is 4.53. The Morgan fingerprint density at radius 2 is 1.81 bits per heavy atom. The maximum Gasteiger partial charge on any atom is 0.416 e. The Morgan fingerprint density at radius 3 is 2.41 bits per heavy atom. The van der Waals surface area contributed by atoms with Gasteiger partial charge >= 0.3 is 6.18 Å². The van der Waals surface area contributed by atoms with Gasteiger partial charge < -0.3 is 4.90 Å². The smallest absolute Gasteiger partial charge is 0.336 e. The molecule has 0 saturated heterocycles. The predicted octanol–water partition coefficient (Wildman–Crippen LogP) is 4.03. The van der Waals surface area contributed by atoms with E-state index in [0.29, 0.717) is 0 Å². The van der Waals surface area contributed by atoms with Gasteiger partial charge in [0.05, 0.1) is 17.4 Å². The summed E-state index contributed by atoms with van der Waals surface area (Å²) in [5, 5.41) is 4.19. The Hall–Kier alpha value is -3.17. The van der Waals surface area contributed by atoms with Gasteiger partial charge in [0.25, 0.3) is 5.56 Å². The number of alkyl halides is 3. The summed E-state index contributed by atoms with van der Waals surface area (Å²) in [4.78, 5) is 31.9. The molecule has 3 rings (SSSR count). The van der Waals surface area contributed by atoms with E-state index in [-0.39, 0.29) is 41.3 Å². The quantitative estimate of drug-likeness (QED) is 0.546. The summed E-state index contributed by atoms with van der Waals surface area (Å²) in [5.41, 5.74) is -1.04. The minimum atomic E-state index is -4.50. The molecule has 2 heterocycles. The van der Waals surface area contributed by atoms with Crippen molar-refractivity contribution in [3.63, 3.8) is 0 Å². The number of aromatic nitrogens is 4. The van der Waals surface area contributed by atoms with Gasteiger partial charge in [-0.25, -0.2) is 9.67 Å². The molecule has 1 amide bonds. The zero-order valence-corrected chi connectivity index (χ0v) is 18.4. The fourth-order valence-electron chi connectivity index (χ4n) is 3.61. The van der Waals surface area contributed by atoms with Crippen molar-refractivity contribution in [3.8, 4) is 5.69 Å². The SMILES string of the molecule is CC[C@@H](C)N(C(=O)Cn1cnc2c(cnn2-c2cccc(C(F)(F)F)c2)c1=O)[C@@H](C)CC. The van der Waals surface area contributed by atoms with Crippen molar-refractivity contribution in [2.24, 2.45) is 0 Å². The van der Waals surface area contributed by atoms with E-state index >= 15 is 0 Å². The summed E-state index contributed by atoms with van der Waals surface area (Å²) in [6, 6.07) is 4.67. The van der Waals surface area contributed by atoms with Crippen LogP contribution >= 0.6 is 0 Å². The minimum Gasteiger partial charge on any atom is -0.336 e. The molecule has 0 aliphatic heterocycles. The molecule has 172 valence electrons. The topological polar surface area (TPSA) is 73.0 Å². The molecule has 1 aromatic carbocycles. The fourth-order valence-corrected chi connectivity index (χ4v) is 3.61. The summed E-state index contributed by atoms with van der Waals surface area (Å²) in [5.74, 6) is -0.192. The molecular formula is C22H26F3N5O2. The lowest BCUT2D eigenvalue weighted by Crippen LogP contribution is -2.46. The van der Waals surface area contributed by atoms with Gasteiger partial charge in [-0.1, -0.05) is 19.9 Å². The van der Waals surface area contributed by atoms with Gasteiger partial charge in [-0.05, 0) is 44.9 Å². The van der Waals surface area contributed by atoms with E-state index in [2.05, 4.69) is 10.1 Å². The van der Waals surface area contributed by atoms with Gasteiger partial charge in [0.2, 0.25) is 5.91 Å². The number of nitrogens with zero attached hydrogens (tertiary/aromatic N) is 5. The first-order chi connectivity index (χ1) is 15.1. The van der Waals surface area contributed by atoms with Crippen LogP contribution in [-0.4, -0.2) is 42.2 Å². The maximum absolute atomic E-state index is 13.1. The van der Waals surface area contributed by atoms with Crippen LogP contribution in [0.3, 0.4) is 0 Å². The predicted molar refractivity (Wildman–Crippen MR) is 114 cm³/mol. The van der Waals surface area contributed by atoms with Crippen LogP contribution in [0.15, 0.2) is 41.6 Å². The zero-order chi connectivity index (χ0) is 23.6. The lowest BCUT2D eigenvalue weighted by atomic mass is 10.1. The molecule has 3 aromatic rings. The average Bonchev–Trinajstić information content (AvgIpc) is 3.20. The van der Waals surface area contributed by atoms with Crippen LogP contribution in [0.4, 0.5) is 13.2 Å². The first-order valence-corrected chi connectivity index (χ1v) is 10.5. The molecule has 7 nitrogen and oxygen atoms in total. The van der Waals surface area contributed by atoms with Crippen molar-refractivity contribution >= 4 is 16.9 Å². The summed E-state index contributed by atoms with van der Waals surface area (Å²) >= 11 is 0. The van der Waals surface area contributed by atoms with Gasteiger partial charge in [-0.15, -0.1) is 0 Å². The number of halogens is 3. The third-order valence-electron chi connectivity index (χ3n) is 5.70. The fraction of sp³-hybridized carbons (Fsp3) is 0.455. The molecule has 32 heavy (non-hydrogen) atoms. The molecule has 0 aliphatic carbocycles. The van der Waals surface area contributed by atoms with Crippen molar-refractivity contribution in [1.29, 1.82) is 0 Å². The molecule has 2 aromatic heterocycles.